The Morgan fingerprint density at radius 3 is 2.78 bits per heavy atom. The van der Waals surface area contributed by atoms with Crippen molar-refractivity contribution in [1.82, 2.24) is 4.98 Å². The maximum atomic E-state index is 14.2. The normalized spacial score (nSPS) is 20.2. The quantitative estimate of drug-likeness (QED) is 0.744. The van der Waals surface area contributed by atoms with Crippen LogP contribution < -0.4 is 4.90 Å². The summed E-state index contributed by atoms with van der Waals surface area (Å²) in [5, 5.41) is 12.4. The molecule has 0 bridgehead atoms. The first-order chi connectivity index (χ1) is 13.1. The Labute approximate surface area is 157 Å². The number of piperidine rings is 1. The van der Waals surface area contributed by atoms with Crippen LogP contribution in [0, 0.1) is 17.0 Å². The minimum atomic E-state index is -0.584. The van der Waals surface area contributed by atoms with Crippen LogP contribution in [0.5, 0.6) is 0 Å². The van der Waals surface area contributed by atoms with E-state index in [2.05, 4.69) is 16.0 Å². The van der Waals surface area contributed by atoms with E-state index in [0.717, 1.165) is 42.0 Å². The lowest BCUT2D eigenvalue weighted by Gasteiger charge is -2.43. The van der Waals surface area contributed by atoms with Gasteiger partial charge in [0.15, 0.2) is 0 Å². The van der Waals surface area contributed by atoms with Crippen molar-refractivity contribution in [3.05, 3.63) is 71.9 Å². The molecule has 0 unspecified atom stereocenters. The van der Waals surface area contributed by atoms with Crippen LogP contribution in [0.25, 0.3) is 10.8 Å². The molecule has 1 aliphatic rings. The van der Waals surface area contributed by atoms with E-state index >= 15 is 0 Å². The van der Waals surface area contributed by atoms with Crippen LogP contribution in [-0.2, 0) is 6.42 Å². The lowest BCUT2D eigenvalue weighted by Crippen LogP contribution is -2.47. The number of hydrogen-bond donors (Lipinski definition) is 1. The third kappa shape index (κ3) is 3.52. The number of hydrogen-bond acceptors (Lipinski definition) is 3. The molecule has 140 valence electrons. The first kappa shape index (κ1) is 17.9. The fourth-order valence-electron chi connectivity index (χ4n) is 4.14. The molecule has 0 aliphatic carbocycles. The summed E-state index contributed by atoms with van der Waals surface area (Å²) >= 11 is 0. The number of pyridine rings is 1. The van der Waals surface area contributed by atoms with E-state index in [4.69, 9.17) is 0 Å². The van der Waals surface area contributed by atoms with E-state index in [9.17, 15) is 13.9 Å². The largest absolute Gasteiger partial charge is 0.396 e. The Kier molecular flexibility index (Phi) is 4.79. The molecule has 3 nitrogen and oxygen atoms in total. The van der Waals surface area contributed by atoms with Crippen LogP contribution in [0.15, 0.2) is 54.7 Å². The zero-order valence-corrected chi connectivity index (χ0v) is 15.0. The third-order valence-electron chi connectivity index (χ3n) is 5.53. The highest BCUT2D eigenvalue weighted by atomic mass is 19.1. The molecule has 5 heteroatoms. The summed E-state index contributed by atoms with van der Waals surface area (Å²) in [4.78, 5) is 6.77. The van der Waals surface area contributed by atoms with Gasteiger partial charge in [-0.3, -0.25) is 0 Å². The lowest BCUT2D eigenvalue weighted by molar-refractivity contribution is 0.104. The van der Waals surface area contributed by atoms with Crippen LogP contribution in [0.2, 0.25) is 0 Å². The van der Waals surface area contributed by atoms with Gasteiger partial charge in [-0.05, 0) is 42.3 Å². The Morgan fingerprint density at radius 2 is 1.96 bits per heavy atom. The van der Waals surface area contributed by atoms with E-state index < -0.39 is 17.0 Å². The molecule has 0 spiro atoms. The van der Waals surface area contributed by atoms with Gasteiger partial charge < -0.3 is 10.0 Å². The molecule has 0 saturated carbocycles. The molecule has 27 heavy (non-hydrogen) atoms. The van der Waals surface area contributed by atoms with Gasteiger partial charge in [0, 0.05) is 36.2 Å². The van der Waals surface area contributed by atoms with E-state index in [-0.39, 0.29) is 6.61 Å². The number of rotatable bonds is 4. The van der Waals surface area contributed by atoms with Crippen molar-refractivity contribution in [2.45, 2.75) is 19.3 Å². The molecule has 1 fully saturated rings. The van der Waals surface area contributed by atoms with Crippen molar-refractivity contribution in [2.75, 3.05) is 24.6 Å². The van der Waals surface area contributed by atoms with Crippen molar-refractivity contribution in [3.8, 4) is 0 Å². The molecule has 1 N–H and O–H groups in total. The SMILES string of the molecule is OC[C@]1(Cc2ccc(F)cc2F)CCCN(c2nccc3ccccc23)C1. The molecule has 2 heterocycles. The number of aliphatic hydroxyl groups excluding tert-OH is 1. The maximum Gasteiger partial charge on any atom is 0.136 e. The highest BCUT2D eigenvalue weighted by molar-refractivity contribution is 5.92. The van der Waals surface area contributed by atoms with Crippen molar-refractivity contribution < 1.29 is 13.9 Å². The monoisotopic (exact) mass is 368 g/mol. The number of nitrogens with zero attached hydrogens (tertiary/aromatic N) is 2. The molecule has 4 rings (SSSR count). The minimum absolute atomic E-state index is 0.0505. The zero-order valence-electron chi connectivity index (χ0n) is 15.0. The molecule has 3 aromatic rings. The predicted octanol–water partition coefficient (Wildman–Crippen LogP) is 4.33. The van der Waals surface area contributed by atoms with E-state index in [1.807, 2.05) is 24.3 Å². The summed E-state index contributed by atoms with van der Waals surface area (Å²) in [6.45, 7) is 1.38. The standard InChI is InChI=1S/C22H22F2N2O/c23-18-7-6-17(20(24)12-18)13-22(15-27)9-3-11-26(14-22)21-19-5-2-1-4-16(19)8-10-25-21/h1-2,4-8,10,12,27H,3,9,11,13-15H2/t22-/m0/s1. The van der Waals surface area contributed by atoms with Gasteiger partial charge in [0.1, 0.15) is 17.5 Å². The smallest absolute Gasteiger partial charge is 0.136 e. The molecule has 2 aromatic carbocycles. The van der Waals surface area contributed by atoms with Crippen LogP contribution in [0.3, 0.4) is 0 Å². The van der Waals surface area contributed by atoms with Crippen LogP contribution >= 0.6 is 0 Å². The molecule has 1 saturated heterocycles. The van der Waals surface area contributed by atoms with Crippen molar-refractivity contribution >= 4 is 16.6 Å². The van der Waals surface area contributed by atoms with E-state index in [0.29, 0.717) is 18.5 Å². The van der Waals surface area contributed by atoms with Gasteiger partial charge in [-0.1, -0.05) is 30.3 Å². The second-order valence-electron chi connectivity index (χ2n) is 7.45. The fourth-order valence-corrected chi connectivity index (χ4v) is 4.14. The Bertz CT molecular complexity index is 957. The zero-order chi connectivity index (χ0) is 18.9. The summed E-state index contributed by atoms with van der Waals surface area (Å²) in [6, 6.07) is 13.7. The van der Waals surface area contributed by atoms with E-state index in [1.54, 1.807) is 6.20 Å². The van der Waals surface area contributed by atoms with Crippen molar-refractivity contribution in [1.29, 1.82) is 0 Å². The number of anilines is 1. The number of halogens is 2. The Morgan fingerprint density at radius 1 is 1.11 bits per heavy atom. The van der Waals surface area contributed by atoms with Gasteiger partial charge in [0.05, 0.1) is 6.61 Å². The molecular formula is C22H22F2N2O. The Hall–Kier alpha value is -2.53. The molecule has 1 aromatic heterocycles. The molecule has 0 amide bonds. The summed E-state index contributed by atoms with van der Waals surface area (Å²) in [7, 11) is 0. The van der Waals surface area contributed by atoms with Gasteiger partial charge in [-0.15, -0.1) is 0 Å². The van der Waals surface area contributed by atoms with Crippen LogP contribution in [0.4, 0.5) is 14.6 Å². The first-order valence-corrected chi connectivity index (χ1v) is 9.24. The third-order valence-corrected chi connectivity index (χ3v) is 5.53. The van der Waals surface area contributed by atoms with E-state index in [1.165, 1.54) is 12.1 Å². The van der Waals surface area contributed by atoms with Crippen molar-refractivity contribution in [2.24, 2.45) is 5.41 Å². The second-order valence-corrected chi connectivity index (χ2v) is 7.45. The van der Waals surface area contributed by atoms with Gasteiger partial charge in [0.25, 0.3) is 0 Å². The molecular weight excluding hydrogens is 346 g/mol. The number of aliphatic hydroxyl groups is 1. The second kappa shape index (κ2) is 7.24. The lowest BCUT2D eigenvalue weighted by atomic mass is 9.75. The Balaban J connectivity index is 1.65. The summed E-state index contributed by atoms with van der Waals surface area (Å²) in [5.41, 5.74) is -0.0339. The maximum absolute atomic E-state index is 14.2. The average molecular weight is 368 g/mol. The van der Waals surface area contributed by atoms with Gasteiger partial charge in [-0.2, -0.15) is 0 Å². The molecule has 1 atom stereocenters. The first-order valence-electron chi connectivity index (χ1n) is 9.24. The summed E-state index contributed by atoms with van der Waals surface area (Å²) in [6.07, 6.45) is 3.85. The van der Waals surface area contributed by atoms with Gasteiger partial charge in [0.2, 0.25) is 0 Å². The van der Waals surface area contributed by atoms with Gasteiger partial charge in [-0.25, -0.2) is 13.8 Å². The fraction of sp³-hybridized carbons (Fsp3) is 0.318. The highest BCUT2D eigenvalue weighted by Gasteiger charge is 2.36. The summed E-state index contributed by atoms with van der Waals surface area (Å²) < 4.78 is 27.4. The molecule has 0 radical (unpaired) electrons. The number of benzene rings is 2. The number of aromatic nitrogens is 1. The average Bonchev–Trinajstić information content (AvgIpc) is 2.70. The molecule has 1 aliphatic heterocycles. The highest BCUT2D eigenvalue weighted by Crippen LogP contribution is 2.37. The predicted molar refractivity (Wildman–Crippen MR) is 103 cm³/mol. The summed E-state index contributed by atoms with van der Waals surface area (Å²) in [5.74, 6) is -0.243. The van der Waals surface area contributed by atoms with Crippen LogP contribution in [-0.4, -0.2) is 29.8 Å². The minimum Gasteiger partial charge on any atom is -0.396 e. The topological polar surface area (TPSA) is 36.4 Å². The van der Waals surface area contributed by atoms with Crippen LogP contribution in [0.1, 0.15) is 18.4 Å². The number of fused-ring (bicyclic) bond motifs is 1. The van der Waals surface area contributed by atoms with Gasteiger partial charge >= 0.3 is 0 Å². The van der Waals surface area contributed by atoms with Crippen molar-refractivity contribution in [3.63, 3.8) is 0 Å².